The first kappa shape index (κ1) is 18.3. The van der Waals surface area contributed by atoms with Crippen LogP contribution < -0.4 is 10.9 Å². The molecule has 3 aromatic rings. The lowest BCUT2D eigenvalue weighted by Crippen LogP contribution is -2.28. The largest absolute Gasteiger partial charge is 0.324 e. The van der Waals surface area contributed by atoms with Gasteiger partial charge in [-0.05, 0) is 55.2 Å². The van der Waals surface area contributed by atoms with Crippen molar-refractivity contribution >= 4 is 44.9 Å². The summed E-state index contributed by atoms with van der Waals surface area (Å²) in [6.07, 6.45) is 6.52. The van der Waals surface area contributed by atoms with Crippen molar-refractivity contribution in [2.24, 2.45) is 5.92 Å². The molecular weight excluding hydrogens is 378 g/mol. The minimum atomic E-state index is -0.228. The van der Waals surface area contributed by atoms with Gasteiger partial charge in [-0.2, -0.15) is 0 Å². The van der Waals surface area contributed by atoms with E-state index >= 15 is 0 Å². The van der Waals surface area contributed by atoms with E-state index in [9.17, 15) is 9.59 Å². The van der Waals surface area contributed by atoms with Crippen LogP contribution in [-0.2, 0) is 24.2 Å². The fraction of sp³-hybridized carbons (Fsp3) is 0.350. The normalized spacial score (nSPS) is 16.3. The molecule has 0 saturated heterocycles. The molecule has 140 valence electrons. The van der Waals surface area contributed by atoms with Crippen molar-refractivity contribution in [2.45, 2.75) is 37.6 Å². The van der Waals surface area contributed by atoms with E-state index in [0.717, 1.165) is 40.2 Å². The van der Waals surface area contributed by atoms with E-state index in [4.69, 9.17) is 0 Å². The molecule has 0 bridgehead atoms. The van der Waals surface area contributed by atoms with Crippen molar-refractivity contribution in [3.05, 3.63) is 51.4 Å². The Balaban J connectivity index is 1.59. The van der Waals surface area contributed by atoms with Gasteiger partial charge in [0, 0.05) is 15.5 Å². The average molecular weight is 400 g/mol. The number of rotatable bonds is 4. The second kappa shape index (κ2) is 7.48. The molecule has 1 aromatic carbocycles. The van der Waals surface area contributed by atoms with Crippen molar-refractivity contribution in [2.75, 3.05) is 11.6 Å². The summed E-state index contributed by atoms with van der Waals surface area (Å²) < 4.78 is 1.42. The molecule has 2 heterocycles. The number of nitrogens with zero attached hydrogens (tertiary/aromatic N) is 2. The van der Waals surface area contributed by atoms with Crippen molar-refractivity contribution in [3.63, 3.8) is 0 Å². The van der Waals surface area contributed by atoms with Gasteiger partial charge in [0.1, 0.15) is 11.4 Å². The number of hydrogen-bond acceptors (Lipinski definition) is 5. The minimum Gasteiger partial charge on any atom is -0.324 e. The molecule has 0 aliphatic heterocycles. The number of thiophene rings is 1. The summed E-state index contributed by atoms with van der Waals surface area (Å²) in [5.41, 5.74) is 1.77. The number of carbonyl (C=O) groups is 1. The second-order valence-corrected chi connectivity index (χ2v) is 8.95. The summed E-state index contributed by atoms with van der Waals surface area (Å²) in [6.45, 7) is 2.21. The number of thioether (sulfide) groups is 1. The first-order valence-electron chi connectivity index (χ1n) is 8.98. The Hall–Kier alpha value is -2.12. The van der Waals surface area contributed by atoms with Gasteiger partial charge in [-0.25, -0.2) is 4.98 Å². The lowest BCUT2D eigenvalue weighted by atomic mass is 9.89. The number of aromatic nitrogens is 2. The van der Waals surface area contributed by atoms with Crippen molar-refractivity contribution in [3.8, 4) is 0 Å². The van der Waals surface area contributed by atoms with Crippen LogP contribution in [0.1, 0.15) is 23.8 Å². The number of hydrogen-bond donors (Lipinski definition) is 1. The number of benzene rings is 1. The van der Waals surface area contributed by atoms with Gasteiger partial charge < -0.3 is 5.32 Å². The number of carbonyl (C=O) groups excluding carboxylic acids is 1. The van der Waals surface area contributed by atoms with Crippen LogP contribution in [0.4, 0.5) is 5.69 Å². The summed E-state index contributed by atoms with van der Waals surface area (Å²) in [7, 11) is 0. The zero-order chi connectivity index (χ0) is 19.0. The first-order valence-corrected chi connectivity index (χ1v) is 11.0. The summed E-state index contributed by atoms with van der Waals surface area (Å²) in [4.78, 5) is 33.0. The highest BCUT2D eigenvalue weighted by molar-refractivity contribution is 7.98. The fourth-order valence-electron chi connectivity index (χ4n) is 3.53. The SMILES string of the molecule is CSc1cccc(NC(=O)Cn2cnc3sc4c(c3c2=O)CC[C@@H](C)C4)c1. The fourth-order valence-corrected chi connectivity index (χ4v) is 5.34. The quantitative estimate of drug-likeness (QED) is 0.675. The van der Waals surface area contributed by atoms with Gasteiger partial charge in [0.25, 0.3) is 5.56 Å². The Morgan fingerprint density at radius 2 is 2.30 bits per heavy atom. The van der Waals surface area contributed by atoms with E-state index < -0.39 is 0 Å². The summed E-state index contributed by atoms with van der Waals surface area (Å²) in [6, 6.07) is 7.66. The Labute approximate surface area is 165 Å². The molecule has 0 fully saturated rings. The van der Waals surface area contributed by atoms with E-state index in [1.165, 1.54) is 15.8 Å². The van der Waals surface area contributed by atoms with Crippen molar-refractivity contribution in [1.82, 2.24) is 9.55 Å². The molecule has 1 aliphatic carbocycles. The Bertz CT molecular complexity index is 1070. The van der Waals surface area contributed by atoms with Gasteiger partial charge in [0.05, 0.1) is 11.7 Å². The molecule has 1 amide bonds. The van der Waals surface area contributed by atoms with Gasteiger partial charge in [0.15, 0.2) is 0 Å². The molecule has 1 atom stereocenters. The maximum absolute atomic E-state index is 13.0. The minimum absolute atomic E-state index is 0.0354. The third-order valence-corrected chi connectivity index (χ3v) is 6.84. The van der Waals surface area contributed by atoms with E-state index in [-0.39, 0.29) is 18.0 Å². The van der Waals surface area contributed by atoms with E-state index in [1.54, 1.807) is 23.1 Å². The van der Waals surface area contributed by atoms with Crippen LogP contribution in [0, 0.1) is 5.92 Å². The highest BCUT2D eigenvalue weighted by Gasteiger charge is 2.23. The van der Waals surface area contributed by atoms with Crippen LogP contribution >= 0.6 is 23.1 Å². The number of fused-ring (bicyclic) bond motifs is 3. The predicted molar refractivity (Wildman–Crippen MR) is 112 cm³/mol. The molecule has 0 spiro atoms. The standard InChI is InChI=1S/C20H21N3O2S2/c1-12-6-7-15-16(8-12)27-19-18(15)20(25)23(11-21-19)10-17(24)22-13-4-3-5-14(9-13)26-2/h3-5,9,11-12H,6-8,10H2,1-2H3,(H,22,24)/t12-/m1/s1. The molecule has 0 unspecified atom stereocenters. The Morgan fingerprint density at radius 1 is 1.44 bits per heavy atom. The average Bonchev–Trinajstić information content (AvgIpc) is 3.02. The van der Waals surface area contributed by atoms with Gasteiger partial charge in [0.2, 0.25) is 5.91 Å². The topological polar surface area (TPSA) is 64.0 Å². The molecule has 5 nitrogen and oxygen atoms in total. The van der Waals surface area contributed by atoms with Crippen LogP contribution in [0.2, 0.25) is 0 Å². The van der Waals surface area contributed by atoms with E-state index in [0.29, 0.717) is 11.3 Å². The van der Waals surface area contributed by atoms with Gasteiger partial charge in [-0.1, -0.05) is 13.0 Å². The summed E-state index contributed by atoms with van der Waals surface area (Å²) >= 11 is 3.24. The molecule has 0 saturated carbocycles. The maximum atomic E-state index is 13.0. The van der Waals surface area contributed by atoms with E-state index in [2.05, 4.69) is 17.2 Å². The van der Waals surface area contributed by atoms with E-state index in [1.807, 2.05) is 30.5 Å². The van der Waals surface area contributed by atoms with Crippen molar-refractivity contribution < 1.29 is 4.79 Å². The van der Waals surface area contributed by atoms with Crippen LogP contribution in [0.15, 0.2) is 40.3 Å². The van der Waals surface area contributed by atoms with Gasteiger partial charge in [-0.3, -0.25) is 14.2 Å². The molecular formula is C20H21N3O2S2. The van der Waals surface area contributed by atoms with Crippen LogP contribution in [0.3, 0.4) is 0 Å². The lowest BCUT2D eigenvalue weighted by Gasteiger charge is -2.17. The molecule has 4 rings (SSSR count). The second-order valence-electron chi connectivity index (χ2n) is 6.99. The number of anilines is 1. The number of aryl methyl sites for hydroxylation is 1. The highest BCUT2D eigenvalue weighted by Crippen LogP contribution is 2.35. The van der Waals surface area contributed by atoms with Crippen LogP contribution in [0.25, 0.3) is 10.2 Å². The maximum Gasteiger partial charge on any atom is 0.262 e. The van der Waals surface area contributed by atoms with Crippen LogP contribution in [0.5, 0.6) is 0 Å². The lowest BCUT2D eigenvalue weighted by molar-refractivity contribution is -0.116. The third-order valence-electron chi connectivity index (χ3n) is 4.95. The zero-order valence-corrected chi connectivity index (χ0v) is 17.0. The predicted octanol–water partition coefficient (Wildman–Crippen LogP) is 3.94. The number of amides is 1. The summed E-state index contributed by atoms with van der Waals surface area (Å²) in [5.74, 6) is 0.421. The Morgan fingerprint density at radius 3 is 3.11 bits per heavy atom. The van der Waals surface area contributed by atoms with Gasteiger partial charge >= 0.3 is 0 Å². The molecule has 1 aliphatic rings. The van der Waals surface area contributed by atoms with Gasteiger partial charge in [-0.15, -0.1) is 23.1 Å². The molecule has 2 aromatic heterocycles. The number of nitrogens with one attached hydrogen (secondary N) is 1. The first-order chi connectivity index (χ1) is 13.0. The third kappa shape index (κ3) is 3.66. The zero-order valence-electron chi connectivity index (χ0n) is 15.3. The monoisotopic (exact) mass is 399 g/mol. The Kier molecular flexibility index (Phi) is 5.06. The summed E-state index contributed by atoms with van der Waals surface area (Å²) in [5, 5.41) is 3.57. The highest BCUT2D eigenvalue weighted by atomic mass is 32.2. The molecule has 7 heteroatoms. The molecule has 1 N–H and O–H groups in total. The molecule has 0 radical (unpaired) electrons. The molecule has 27 heavy (non-hydrogen) atoms. The van der Waals surface area contributed by atoms with Crippen LogP contribution in [-0.4, -0.2) is 21.7 Å². The van der Waals surface area contributed by atoms with Crippen molar-refractivity contribution in [1.29, 1.82) is 0 Å². The smallest absolute Gasteiger partial charge is 0.262 e.